The van der Waals surface area contributed by atoms with E-state index in [-0.39, 0.29) is 5.69 Å². The largest absolute Gasteiger partial charge is 0.337 e. The first kappa shape index (κ1) is 12.4. The Hall–Kier alpha value is -1.01. The second-order valence-electron chi connectivity index (χ2n) is 3.21. The molecule has 88 valence electrons. The van der Waals surface area contributed by atoms with E-state index in [9.17, 15) is 8.78 Å². The van der Waals surface area contributed by atoms with Crippen LogP contribution in [-0.2, 0) is 0 Å². The van der Waals surface area contributed by atoms with Gasteiger partial charge in [-0.15, -0.1) is 0 Å². The van der Waals surface area contributed by atoms with Gasteiger partial charge in [0.1, 0.15) is 5.82 Å². The van der Waals surface area contributed by atoms with E-state index in [1.807, 2.05) is 0 Å². The summed E-state index contributed by atoms with van der Waals surface area (Å²) >= 11 is 6.53. The first-order valence-corrected chi connectivity index (χ1v) is 6.18. The molecule has 1 N–H and O–H groups in total. The van der Waals surface area contributed by atoms with Crippen LogP contribution in [0.4, 0.5) is 20.3 Å². The zero-order valence-electron chi connectivity index (χ0n) is 8.35. The van der Waals surface area contributed by atoms with Crippen molar-refractivity contribution in [3.8, 4) is 0 Å². The van der Waals surface area contributed by atoms with Crippen molar-refractivity contribution in [3.63, 3.8) is 0 Å². The molecular weight excluding hydrogens is 358 g/mol. The highest BCUT2D eigenvalue weighted by atomic mass is 79.9. The fraction of sp³-hybridized carbons (Fsp3) is 0. The smallest absolute Gasteiger partial charge is 0.182 e. The van der Waals surface area contributed by atoms with Crippen molar-refractivity contribution in [1.82, 2.24) is 4.98 Å². The number of nitrogens with one attached hydrogen (secondary N) is 1. The number of hydrogen-bond donors (Lipinski definition) is 1. The van der Waals surface area contributed by atoms with Gasteiger partial charge in [0.25, 0.3) is 0 Å². The van der Waals surface area contributed by atoms with Crippen LogP contribution >= 0.6 is 31.9 Å². The molecule has 2 aromatic rings. The maximum absolute atomic E-state index is 13.4. The number of rotatable bonds is 2. The molecule has 0 aliphatic heterocycles. The van der Waals surface area contributed by atoms with E-state index in [4.69, 9.17) is 0 Å². The molecule has 1 aromatic carbocycles. The maximum Gasteiger partial charge on any atom is 0.182 e. The van der Waals surface area contributed by atoms with Gasteiger partial charge in [-0.1, -0.05) is 6.07 Å². The van der Waals surface area contributed by atoms with Crippen LogP contribution in [0.2, 0.25) is 0 Å². The van der Waals surface area contributed by atoms with Crippen molar-refractivity contribution in [2.24, 2.45) is 0 Å². The van der Waals surface area contributed by atoms with Gasteiger partial charge in [-0.3, -0.25) is 0 Å². The average Bonchev–Trinajstić information content (AvgIpc) is 2.28. The molecule has 6 heteroatoms. The lowest BCUT2D eigenvalue weighted by Gasteiger charge is -2.08. The van der Waals surface area contributed by atoms with E-state index in [0.29, 0.717) is 10.3 Å². The first-order valence-electron chi connectivity index (χ1n) is 4.60. The van der Waals surface area contributed by atoms with Crippen LogP contribution in [0.5, 0.6) is 0 Å². The lowest BCUT2D eigenvalue weighted by molar-refractivity contribution is 0.511. The molecule has 0 saturated carbocycles. The van der Waals surface area contributed by atoms with E-state index in [1.165, 1.54) is 12.1 Å². The highest BCUT2D eigenvalue weighted by Gasteiger charge is 2.09. The number of benzene rings is 1. The van der Waals surface area contributed by atoms with Gasteiger partial charge in [0.05, 0.1) is 10.2 Å². The number of hydrogen-bond acceptors (Lipinski definition) is 2. The molecule has 0 unspecified atom stereocenters. The van der Waals surface area contributed by atoms with Crippen molar-refractivity contribution in [2.45, 2.75) is 0 Å². The Labute approximate surface area is 113 Å². The molecule has 0 saturated heterocycles. The lowest BCUT2D eigenvalue weighted by Crippen LogP contribution is -1.98. The van der Waals surface area contributed by atoms with Crippen molar-refractivity contribution in [1.29, 1.82) is 0 Å². The van der Waals surface area contributed by atoms with Gasteiger partial charge in [-0.25, -0.2) is 13.8 Å². The maximum atomic E-state index is 13.4. The highest BCUT2D eigenvalue weighted by molar-refractivity contribution is 9.11. The Bertz CT molecular complexity index is 561. The van der Waals surface area contributed by atoms with Crippen LogP contribution in [0.3, 0.4) is 0 Å². The molecule has 0 fully saturated rings. The number of anilines is 2. The summed E-state index contributed by atoms with van der Waals surface area (Å²) in [7, 11) is 0. The van der Waals surface area contributed by atoms with E-state index in [1.54, 1.807) is 12.3 Å². The normalized spacial score (nSPS) is 10.4. The van der Waals surface area contributed by atoms with Gasteiger partial charge in [0.15, 0.2) is 11.6 Å². The van der Waals surface area contributed by atoms with Gasteiger partial charge >= 0.3 is 0 Å². The predicted molar refractivity (Wildman–Crippen MR) is 69.3 cm³/mol. The van der Waals surface area contributed by atoms with E-state index >= 15 is 0 Å². The molecule has 0 radical (unpaired) electrons. The standard InChI is InChI=1S/C11H6Br2F2N2/c12-6-4-7(13)11(16-5-6)17-9-3-1-2-8(14)10(9)15/h1-5H,(H,16,17). The topological polar surface area (TPSA) is 24.9 Å². The zero-order valence-corrected chi connectivity index (χ0v) is 11.5. The number of pyridine rings is 1. The molecule has 0 aliphatic carbocycles. The SMILES string of the molecule is Fc1cccc(Nc2ncc(Br)cc2Br)c1F. The second kappa shape index (κ2) is 5.10. The lowest BCUT2D eigenvalue weighted by atomic mass is 10.3. The second-order valence-corrected chi connectivity index (χ2v) is 4.98. The fourth-order valence-electron chi connectivity index (χ4n) is 1.23. The van der Waals surface area contributed by atoms with Gasteiger partial charge in [-0.05, 0) is 50.1 Å². The summed E-state index contributed by atoms with van der Waals surface area (Å²) in [4.78, 5) is 4.05. The van der Waals surface area contributed by atoms with Gasteiger partial charge in [0.2, 0.25) is 0 Å². The predicted octanol–water partition coefficient (Wildman–Crippen LogP) is 4.63. The van der Waals surface area contributed by atoms with Crippen molar-refractivity contribution in [3.05, 3.63) is 51.0 Å². The summed E-state index contributed by atoms with van der Waals surface area (Å²) in [5.74, 6) is -1.41. The number of halogens is 4. The van der Waals surface area contributed by atoms with Crippen molar-refractivity contribution in [2.75, 3.05) is 5.32 Å². The quantitative estimate of drug-likeness (QED) is 0.841. The molecule has 0 spiro atoms. The molecule has 2 nitrogen and oxygen atoms in total. The molecule has 1 heterocycles. The first-order chi connectivity index (χ1) is 8.08. The van der Waals surface area contributed by atoms with E-state index < -0.39 is 11.6 Å². The third-order valence-corrected chi connectivity index (χ3v) is 3.05. The van der Waals surface area contributed by atoms with Crippen LogP contribution in [0, 0.1) is 11.6 Å². The summed E-state index contributed by atoms with van der Waals surface area (Å²) in [5, 5.41) is 2.71. The minimum Gasteiger partial charge on any atom is -0.337 e. The van der Waals surface area contributed by atoms with Crippen molar-refractivity contribution < 1.29 is 8.78 Å². The number of nitrogens with zero attached hydrogens (tertiary/aromatic N) is 1. The van der Waals surface area contributed by atoms with Crippen LogP contribution in [0.1, 0.15) is 0 Å². The third kappa shape index (κ3) is 2.81. The van der Waals surface area contributed by atoms with Crippen LogP contribution < -0.4 is 5.32 Å². The molecule has 17 heavy (non-hydrogen) atoms. The summed E-state index contributed by atoms with van der Waals surface area (Å²) in [6.07, 6.45) is 1.56. The van der Waals surface area contributed by atoms with E-state index in [0.717, 1.165) is 10.5 Å². The van der Waals surface area contributed by atoms with Crippen molar-refractivity contribution >= 4 is 43.4 Å². The zero-order chi connectivity index (χ0) is 12.4. The Morgan fingerprint density at radius 3 is 2.65 bits per heavy atom. The summed E-state index contributed by atoms with van der Waals surface area (Å²) < 4.78 is 27.8. The summed E-state index contributed by atoms with van der Waals surface area (Å²) in [6, 6.07) is 5.68. The molecule has 1 aromatic heterocycles. The minimum atomic E-state index is -0.927. The van der Waals surface area contributed by atoms with Crippen LogP contribution in [0.25, 0.3) is 0 Å². The molecule has 0 amide bonds. The van der Waals surface area contributed by atoms with Gasteiger partial charge < -0.3 is 5.32 Å². The Morgan fingerprint density at radius 1 is 1.18 bits per heavy atom. The van der Waals surface area contributed by atoms with Crippen LogP contribution in [-0.4, -0.2) is 4.98 Å². The van der Waals surface area contributed by atoms with E-state index in [2.05, 4.69) is 42.2 Å². The Kier molecular flexibility index (Phi) is 3.73. The number of aromatic nitrogens is 1. The van der Waals surface area contributed by atoms with Gasteiger partial charge in [-0.2, -0.15) is 0 Å². The molecular formula is C11H6Br2F2N2. The van der Waals surface area contributed by atoms with Gasteiger partial charge in [0, 0.05) is 10.7 Å². The molecule has 0 aliphatic rings. The third-order valence-electron chi connectivity index (χ3n) is 2.01. The summed E-state index contributed by atoms with van der Waals surface area (Å²) in [5.41, 5.74) is 0.0422. The van der Waals surface area contributed by atoms with Crippen LogP contribution in [0.15, 0.2) is 39.4 Å². The summed E-state index contributed by atoms with van der Waals surface area (Å²) in [6.45, 7) is 0. The highest BCUT2D eigenvalue weighted by Crippen LogP contribution is 2.27. The Balaban J connectivity index is 2.35. The average molecular weight is 364 g/mol. The molecule has 0 bridgehead atoms. The molecule has 0 atom stereocenters. The Morgan fingerprint density at radius 2 is 1.94 bits per heavy atom. The fourth-order valence-corrected chi connectivity index (χ4v) is 2.32. The minimum absolute atomic E-state index is 0.0422. The monoisotopic (exact) mass is 362 g/mol. The molecule has 2 rings (SSSR count).